The van der Waals surface area contributed by atoms with Crippen LogP contribution in [0.5, 0.6) is 0 Å². The molecular weight excluding hydrogens is 150 g/mol. The fraction of sp³-hybridized carbons (Fsp3) is 0.600. The third kappa shape index (κ3) is 1.27. The number of hydrogen-bond acceptors (Lipinski definition) is 2. The Labute approximate surface area is 73.0 Å². The second-order valence-corrected chi connectivity index (χ2v) is 3.52. The van der Waals surface area contributed by atoms with Gasteiger partial charge in [0.15, 0.2) is 0 Å². The maximum atomic E-state index is 5.49. The standard InChI is InChI=1S/C10H15NO/c1-7-6-9(8(2)12-7)10-4-3-5-11-10/h6,10-11H,3-5H2,1-2H3/t10-/m0/s1. The summed E-state index contributed by atoms with van der Waals surface area (Å²) < 4.78 is 5.49. The quantitative estimate of drug-likeness (QED) is 0.690. The Hall–Kier alpha value is -0.760. The van der Waals surface area contributed by atoms with Gasteiger partial charge in [-0.1, -0.05) is 0 Å². The van der Waals surface area contributed by atoms with Crippen LogP contribution in [-0.2, 0) is 0 Å². The highest BCUT2D eigenvalue weighted by molar-refractivity contribution is 5.24. The van der Waals surface area contributed by atoms with E-state index in [-0.39, 0.29) is 0 Å². The molecule has 0 amide bonds. The lowest BCUT2D eigenvalue weighted by Gasteiger charge is -2.07. The van der Waals surface area contributed by atoms with Crippen molar-refractivity contribution in [3.63, 3.8) is 0 Å². The van der Waals surface area contributed by atoms with E-state index in [1.54, 1.807) is 0 Å². The van der Waals surface area contributed by atoms with Gasteiger partial charge in [0.05, 0.1) is 0 Å². The third-order valence-corrected chi connectivity index (χ3v) is 2.52. The summed E-state index contributed by atoms with van der Waals surface area (Å²) in [4.78, 5) is 0. The second kappa shape index (κ2) is 2.94. The molecule has 0 bridgehead atoms. The molecule has 2 heterocycles. The summed E-state index contributed by atoms with van der Waals surface area (Å²) in [5.41, 5.74) is 1.35. The fourth-order valence-corrected chi connectivity index (χ4v) is 1.95. The first-order valence-corrected chi connectivity index (χ1v) is 4.57. The lowest BCUT2D eigenvalue weighted by Crippen LogP contribution is -2.12. The Morgan fingerprint density at radius 3 is 2.83 bits per heavy atom. The predicted molar refractivity (Wildman–Crippen MR) is 48.2 cm³/mol. The highest BCUT2D eigenvalue weighted by Gasteiger charge is 2.19. The summed E-state index contributed by atoms with van der Waals surface area (Å²) in [6.45, 7) is 5.20. The SMILES string of the molecule is Cc1cc([C@@H]2CCCN2)c(C)o1. The molecule has 1 aromatic heterocycles. The van der Waals surface area contributed by atoms with Gasteiger partial charge in [0.1, 0.15) is 11.5 Å². The van der Waals surface area contributed by atoms with Crippen LogP contribution in [-0.4, -0.2) is 6.54 Å². The maximum absolute atomic E-state index is 5.49. The van der Waals surface area contributed by atoms with Crippen molar-refractivity contribution in [1.82, 2.24) is 5.32 Å². The van der Waals surface area contributed by atoms with Crippen molar-refractivity contribution < 1.29 is 4.42 Å². The van der Waals surface area contributed by atoms with Gasteiger partial charge < -0.3 is 9.73 Å². The number of hydrogen-bond donors (Lipinski definition) is 1. The van der Waals surface area contributed by atoms with Crippen molar-refractivity contribution >= 4 is 0 Å². The van der Waals surface area contributed by atoms with Crippen LogP contribution in [0.4, 0.5) is 0 Å². The van der Waals surface area contributed by atoms with Crippen LogP contribution in [0.2, 0.25) is 0 Å². The number of rotatable bonds is 1. The Morgan fingerprint density at radius 2 is 2.33 bits per heavy atom. The van der Waals surface area contributed by atoms with E-state index < -0.39 is 0 Å². The zero-order chi connectivity index (χ0) is 8.55. The van der Waals surface area contributed by atoms with Gasteiger partial charge in [0.2, 0.25) is 0 Å². The maximum Gasteiger partial charge on any atom is 0.105 e. The highest BCUT2D eigenvalue weighted by atomic mass is 16.3. The van der Waals surface area contributed by atoms with Gasteiger partial charge in [-0.15, -0.1) is 0 Å². The summed E-state index contributed by atoms with van der Waals surface area (Å²) in [6.07, 6.45) is 2.54. The average molecular weight is 165 g/mol. The van der Waals surface area contributed by atoms with Crippen LogP contribution in [0.1, 0.15) is 36.0 Å². The van der Waals surface area contributed by atoms with E-state index in [0.717, 1.165) is 18.1 Å². The van der Waals surface area contributed by atoms with Crippen LogP contribution in [0.3, 0.4) is 0 Å². The molecule has 1 N–H and O–H groups in total. The largest absolute Gasteiger partial charge is 0.466 e. The van der Waals surface area contributed by atoms with E-state index in [2.05, 4.69) is 11.4 Å². The Bertz CT molecular complexity index is 271. The topological polar surface area (TPSA) is 25.2 Å². The van der Waals surface area contributed by atoms with Crippen LogP contribution in [0.15, 0.2) is 10.5 Å². The van der Waals surface area contributed by atoms with E-state index in [9.17, 15) is 0 Å². The minimum atomic E-state index is 0.544. The minimum Gasteiger partial charge on any atom is -0.466 e. The van der Waals surface area contributed by atoms with Crippen LogP contribution >= 0.6 is 0 Å². The van der Waals surface area contributed by atoms with E-state index in [1.165, 1.54) is 18.4 Å². The molecule has 1 aliphatic rings. The highest BCUT2D eigenvalue weighted by Crippen LogP contribution is 2.27. The lowest BCUT2D eigenvalue weighted by atomic mass is 10.1. The molecule has 1 aliphatic heterocycles. The molecule has 2 rings (SSSR count). The summed E-state index contributed by atoms with van der Waals surface area (Å²) >= 11 is 0. The fourth-order valence-electron chi connectivity index (χ4n) is 1.95. The average Bonchev–Trinajstić information content (AvgIpc) is 2.58. The summed E-state index contributed by atoms with van der Waals surface area (Å²) in [7, 11) is 0. The van der Waals surface area contributed by atoms with Gasteiger partial charge in [-0.2, -0.15) is 0 Å². The van der Waals surface area contributed by atoms with Crippen molar-refractivity contribution in [2.24, 2.45) is 0 Å². The van der Waals surface area contributed by atoms with Gasteiger partial charge in [-0.05, 0) is 39.3 Å². The molecule has 0 aliphatic carbocycles. The number of furan rings is 1. The van der Waals surface area contributed by atoms with Crippen LogP contribution in [0.25, 0.3) is 0 Å². The Kier molecular flexibility index (Phi) is 1.93. The molecular formula is C10H15NO. The van der Waals surface area contributed by atoms with Crippen molar-refractivity contribution in [2.75, 3.05) is 6.54 Å². The first kappa shape index (κ1) is 7.87. The lowest BCUT2D eigenvalue weighted by molar-refractivity contribution is 0.494. The van der Waals surface area contributed by atoms with Crippen molar-refractivity contribution in [3.8, 4) is 0 Å². The summed E-state index contributed by atoms with van der Waals surface area (Å²) in [5.74, 6) is 2.10. The molecule has 1 fully saturated rings. The van der Waals surface area contributed by atoms with Crippen molar-refractivity contribution in [2.45, 2.75) is 32.7 Å². The molecule has 1 saturated heterocycles. The smallest absolute Gasteiger partial charge is 0.105 e. The molecule has 2 heteroatoms. The molecule has 12 heavy (non-hydrogen) atoms. The first-order valence-electron chi connectivity index (χ1n) is 4.57. The van der Waals surface area contributed by atoms with Gasteiger partial charge in [-0.3, -0.25) is 0 Å². The van der Waals surface area contributed by atoms with E-state index in [1.807, 2.05) is 13.8 Å². The van der Waals surface area contributed by atoms with Gasteiger partial charge in [0, 0.05) is 11.6 Å². The van der Waals surface area contributed by atoms with E-state index >= 15 is 0 Å². The van der Waals surface area contributed by atoms with Gasteiger partial charge in [0.25, 0.3) is 0 Å². The van der Waals surface area contributed by atoms with Crippen molar-refractivity contribution in [1.29, 1.82) is 0 Å². The zero-order valence-corrected chi connectivity index (χ0v) is 7.68. The second-order valence-electron chi connectivity index (χ2n) is 3.52. The molecule has 2 nitrogen and oxygen atoms in total. The van der Waals surface area contributed by atoms with E-state index in [0.29, 0.717) is 6.04 Å². The Balaban J connectivity index is 2.25. The molecule has 0 aromatic carbocycles. The molecule has 0 unspecified atom stereocenters. The normalized spacial score (nSPS) is 23.3. The van der Waals surface area contributed by atoms with Crippen LogP contribution in [0, 0.1) is 13.8 Å². The van der Waals surface area contributed by atoms with Crippen molar-refractivity contribution in [3.05, 3.63) is 23.2 Å². The van der Waals surface area contributed by atoms with E-state index in [4.69, 9.17) is 4.42 Å². The first-order chi connectivity index (χ1) is 5.77. The molecule has 1 aromatic rings. The summed E-state index contributed by atoms with van der Waals surface area (Å²) in [6, 6.07) is 2.70. The molecule has 0 radical (unpaired) electrons. The predicted octanol–water partition coefficient (Wildman–Crippen LogP) is 2.32. The summed E-state index contributed by atoms with van der Waals surface area (Å²) in [5, 5.41) is 3.47. The van der Waals surface area contributed by atoms with Gasteiger partial charge in [-0.25, -0.2) is 0 Å². The Morgan fingerprint density at radius 1 is 1.50 bits per heavy atom. The molecule has 66 valence electrons. The van der Waals surface area contributed by atoms with Gasteiger partial charge >= 0.3 is 0 Å². The van der Waals surface area contributed by atoms with Crippen LogP contribution < -0.4 is 5.32 Å². The minimum absolute atomic E-state index is 0.544. The zero-order valence-electron chi connectivity index (χ0n) is 7.68. The third-order valence-electron chi connectivity index (χ3n) is 2.52. The number of aryl methyl sites for hydroxylation is 2. The molecule has 0 saturated carbocycles. The molecule has 1 atom stereocenters. The monoisotopic (exact) mass is 165 g/mol. The number of nitrogens with one attached hydrogen (secondary N) is 1. The molecule has 0 spiro atoms.